The third-order valence-corrected chi connectivity index (χ3v) is 7.11. The number of amides is 1. The first-order chi connectivity index (χ1) is 18.1. The molecule has 0 N–H and O–H groups in total. The number of carbonyl (C=O) groups excluding carboxylic acids is 1. The van der Waals surface area contributed by atoms with Gasteiger partial charge in [0.15, 0.2) is 16.9 Å². The van der Waals surface area contributed by atoms with Crippen LogP contribution in [0.3, 0.4) is 0 Å². The van der Waals surface area contributed by atoms with E-state index in [9.17, 15) is 9.59 Å². The van der Waals surface area contributed by atoms with Crippen molar-refractivity contribution in [2.75, 3.05) is 53.1 Å². The van der Waals surface area contributed by atoms with Gasteiger partial charge in [0.2, 0.25) is 5.76 Å². The number of hydrogen-bond acceptors (Lipinski definition) is 7. The lowest BCUT2D eigenvalue weighted by atomic mass is 9.98. The standard InChI is InChI=1S/C29H34N2O6/c1-3-4-16-36-23-11-10-20(19-24(23)34-2)26-25-27(32)21-8-5-6-9-22(21)37-28(25)29(33)31(26)13-7-12-30-14-17-35-18-15-30/h5-6,8-11,19,26H,3-4,7,12-18H2,1-2H3/t26-/m0/s1. The van der Waals surface area contributed by atoms with Gasteiger partial charge in [-0.2, -0.15) is 0 Å². The smallest absolute Gasteiger partial charge is 0.290 e. The molecule has 2 aliphatic rings. The van der Waals surface area contributed by atoms with Crippen molar-refractivity contribution in [1.29, 1.82) is 0 Å². The maximum atomic E-state index is 13.7. The first-order valence-electron chi connectivity index (χ1n) is 13.1. The molecule has 0 saturated carbocycles. The number of benzene rings is 2. The molecular formula is C29H34N2O6. The number of carbonyl (C=O) groups is 1. The molecule has 1 fully saturated rings. The third kappa shape index (κ3) is 5.08. The van der Waals surface area contributed by atoms with Crippen LogP contribution in [0.4, 0.5) is 0 Å². The number of hydrogen-bond donors (Lipinski definition) is 0. The summed E-state index contributed by atoms with van der Waals surface area (Å²) in [6.07, 6.45) is 2.75. The van der Waals surface area contributed by atoms with Crippen molar-refractivity contribution in [3.05, 3.63) is 69.6 Å². The van der Waals surface area contributed by atoms with Crippen molar-refractivity contribution in [2.24, 2.45) is 0 Å². The Balaban J connectivity index is 1.51. The number of methoxy groups -OCH3 is 1. The highest BCUT2D eigenvalue weighted by Gasteiger charge is 2.42. The van der Waals surface area contributed by atoms with Gasteiger partial charge in [-0.1, -0.05) is 31.5 Å². The lowest BCUT2D eigenvalue weighted by Crippen LogP contribution is -2.38. The van der Waals surface area contributed by atoms with Crippen LogP contribution >= 0.6 is 0 Å². The third-order valence-electron chi connectivity index (χ3n) is 7.11. The lowest BCUT2D eigenvalue weighted by Gasteiger charge is -2.29. The quantitative estimate of drug-likeness (QED) is 0.380. The van der Waals surface area contributed by atoms with Crippen LogP contribution in [0.5, 0.6) is 11.5 Å². The number of nitrogens with zero attached hydrogens (tertiary/aromatic N) is 2. The molecule has 8 nitrogen and oxygen atoms in total. The van der Waals surface area contributed by atoms with Crippen LogP contribution in [-0.4, -0.2) is 68.8 Å². The summed E-state index contributed by atoms with van der Waals surface area (Å²) < 4.78 is 23.1. The zero-order valence-corrected chi connectivity index (χ0v) is 21.5. The second-order valence-electron chi connectivity index (χ2n) is 9.49. The largest absolute Gasteiger partial charge is 0.493 e. The van der Waals surface area contributed by atoms with Gasteiger partial charge in [-0.15, -0.1) is 0 Å². The van der Waals surface area contributed by atoms with Gasteiger partial charge < -0.3 is 23.5 Å². The Morgan fingerprint density at radius 1 is 1.00 bits per heavy atom. The summed E-state index contributed by atoms with van der Waals surface area (Å²) >= 11 is 0. The van der Waals surface area contributed by atoms with Gasteiger partial charge >= 0.3 is 0 Å². The highest BCUT2D eigenvalue weighted by molar-refractivity contribution is 5.99. The molecule has 196 valence electrons. The molecular weight excluding hydrogens is 472 g/mol. The Kier molecular flexibility index (Phi) is 7.76. The van der Waals surface area contributed by atoms with Crippen LogP contribution in [0.15, 0.2) is 51.7 Å². The number of ether oxygens (including phenoxy) is 3. The summed E-state index contributed by atoms with van der Waals surface area (Å²) in [4.78, 5) is 31.5. The summed E-state index contributed by atoms with van der Waals surface area (Å²) in [5.74, 6) is 1.09. The van der Waals surface area contributed by atoms with E-state index in [-0.39, 0.29) is 17.1 Å². The van der Waals surface area contributed by atoms with Crippen LogP contribution in [0.25, 0.3) is 11.0 Å². The molecule has 2 aliphatic heterocycles. The van der Waals surface area contributed by atoms with Crippen molar-refractivity contribution < 1.29 is 23.4 Å². The molecule has 8 heteroatoms. The molecule has 2 aromatic carbocycles. The minimum atomic E-state index is -0.563. The van der Waals surface area contributed by atoms with Crippen LogP contribution in [0.2, 0.25) is 0 Å². The fraction of sp³-hybridized carbons (Fsp3) is 0.448. The van der Waals surface area contributed by atoms with Crippen LogP contribution < -0.4 is 14.9 Å². The predicted octanol–water partition coefficient (Wildman–Crippen LogP) is 4.25. The Morgan fingerprint density at radius 2 is 1.81 bits per heavy atom. The van der Waals surface area contributed by atoms with Crippen molar-refractivity contribution in [2.45, 2.75) is 32.2 Å². The van der Waals surface area contributed by atoms with Crippen molar-refractivity contribution in [3.8, 4) is 11.5 Å². The SMILES string of the molecule is CCCCOc1ccc([C@H]2c3c(oc4ccccc4c3=O)C(=O)N2CCCN2CCOCC2)cc1OC. The molecule has 1 atom stereocenters. The van der Waals surface area contributed by atoms with Gasteiger partial charge in [-0.05, 0) is 42.7 Å². The van der Waals surface area contributed by atoms with E-state index in [1.807, 2.05) is 24.3 Å². The molecule has 1 aromatic heterocycles. The molecule has 0 unspecified atom stereocenters. The second-order valence-corrected chi connectivity index (χ2v) is 9.49. The zero-order valence-electron chi connectivity index (χ0n) is 21.5. The van der Waals surface area contributed by atoms with Gasteiger partial charge in [0.1, 0.15) is 5.58 Å². The Morgan fingerprint density at radius 3 is 2.59 bits per heavy atom. The monoisotopic (exact) mass is 506 g/mol. The average molecular weight is 507 g/mol. The fourth-order valence-corrected chi connectivity index (χ4v) is 5.13. The summed E-state index contributed by atoms with van der Waals surface area (Å²) in [6.45, 7) is 7.30. The average Bonchev–Trinajstić information content (AvgIpc) is 3.21. The molecule has 3 heterocycles. The summed E-state index contributed by atoms with van der Waals surface area (Å²) in [5, 5.41) is 0.473. The molecule has 0 bridgehead atoms. The van der Waals surface area contributed by atoms with Crippen molar-refractivity contribution >= 4 is 16.9 Å². The highest BCUT2D eigenvalue weighted by Crippen LogP contribution is 2.41. The van der Waals surface area contributed by atoms with Gasteiger partial charge in [0.05, 0.1) is 43.9 Å². The van der Waals surface area contributed by atoms with Gasteiger partial charge in [0, 0.05) is 26.2 Å². The van der Waals surface area contributed by atoms with E-state index < -0.39 is 6.04 Å². The molecule has 37 heavy (non-hydrogen) atoms. The normalized spacial score (nSPS) is 17.8. The molecule has 0 aliphatic carbocycles. The molecule has 3 aromatic rings. The van der Waals surface area contributed by atoms with Gasteiger partial charge in [0.25, 0.3) is 5.91 Å². The zero-order chi connectivity index (χ0) is 25.8. The van der Waals surface area contributed by atoms with Crippen LogP contribution in [0, 0.1) is 0 Å². The number of para-hydroxylation sites is 1. The summed E-state index contributed by atoms with van der Waals surface area (Å²) in [6, 6.07) is 12.2. The predicted molar refractivity (Wildman–Crippen MR) is 141 cm³/mol. The Hall–Kier alpha value is -3.36. The maximum absolute atomic E-state index is 13.7. The van der Waals surface area contributed by atoms with E-state index in [0.29, 0.717) is 41.2 Å². The first kappa shape index (κ1) is 25.3. The minimum absolute atomic E-state index is 0.127. The van der Waals surface area contributed by atoms with Crippen LogP contribution in [0.1, 0.15) is 53.9 Å². The molecule has 1 amide bonds. The summed E-state index contributed by atoms with van der Waals surface area (Å²) in [7, 11) is 1.60. The van der Waals surface area contributed by atoms with E-state index in [1.165, 1.54) is 0 Å². The second kappa shape index (κ2) is 11.4. The fourth-order valence-electron chi connectivity index (χ4n) is 5.13. The highest BCUT2D eigenvalue weighted by atomic mass is 16.5. The van der Waals surface area contributed by atoms with E-state index in [0.717, 1.165) is 57.7 Å². The van der Waals surface area contributed by atoms with Crippen molar-refractivity contribution in [3.63, 3.8) is 0 Å². The number of unbranched alkanes of at least 4 members (excludes halogenated alkanes) is 1. The molecule has 0 spiro atoms. The van der Waals surface area contributed by atoms with E-state index in [1.54, 1.807) is 30.2 Å². The number of morpholine rings is 1. The molecule has 0 radical (unpaired) electrons. The molecule has 1 saturated heterocycles. The molecule has 5 rings (SSSR count). The van der Waals surface area contributed by atoms with Crippen molar-refractivity contribution in [1.82, 2.24) is 9.80 Å². The van der Waals surface area contributed by atoms with Gasteiger partial charge in [-0.3, -0.25) is 14.5 Å². The topological polar surface area (TPSA) is 81.5 Å². The van der Waals surface area contributed by atoms with E-state index in [2.05, 4.69) is 11.8 Å². The maximum Gasteiger partial charge on any atom is 0.290 e. The Bertz CT molecular complexity index is 1310. The lowest BCUT2D eigenvalue weighted by molar-refractivity contribution is 0.0353. The summed E-state index contributed by atoms with van der Waals surface area (Å²) in [5.41, 5.74) is 1.43. The Labute approximate surface area is 216 Å². The number of fused-ring (bicyclic) bond motifs is 2. The van der Waals surface area contributed by atoms with Crippen LogP contribution in [-0.2, 0) is 4.74 Å². The van der Waals surface area contributed by atoms with E-state index in [4.69, 9.17) is 18.6 Å². The number of rotatable bonds is 10. The minimum Gasteiger partial charge on any atom is -0.493 e. The first-order valence-corrected chi connectivity index (χ1v) is 13.1. The van der Waals surface area contributed by atoms with E-state index >= 15 is 0 Å². The van der Waals surface area contributed by atoms with Gasteiger partial charge in [-0.25, -0.2) is 0 Å².